The van der Waals surface area contributed by atoms with E-state index in [0.717, 1.165) is 10.5 Å². The number of alkyl halides is 3. The van der Waals surface area contributed by atoms with Crippen molar-refractivity contribution in [3.05, 3.63) is 35.4 Å². The zero-order valence-electron chi connectivity index (χ0n) is 12.2. The minimum Gasteiger partial charge on any atom is -0.339 e. The summed E-state index contributed by atoms with van der Waals surface area (Å²) in [5, 5.41) is 0. The van der Waals surface area contributed by atoms with Crippen molar-refractivity contribution in [1.29, 1.82) is 0 Å². The Labute approximate surface area is 126 Å². The molecule has 1 aliphatic heterocycles. The highest BCUT2D eigenvalue weighted by Gasteiger charge is 2.34. The topological polar surface area (TPSA) is 40.6 Å². The van der Waals surface area contributed by atoms with Gasteiger partial charge in [0.05, 0.1) is 0 Å². The molecule has 22 heavy (non-hydrogen) atoms. The third-order valence-electron chi connectivity index (χ3n) is 3.54. The van der Waals surface area contributed by atoms with Crippen LogP contribution < -0.4 is 0 Å². The normalized spacial score (nSPS) is 15.8. The number of hydrogen-bond acceptors (Lipinski definition) is 2. The summed E-state index contributed by atoms with van der Waals surface area (Å²) in [7, 11) is 0. The molecule has 0 atom stereocenters. The van der Waals surface area contributed by atoms with Crippen molar-refractivity contribution < 1.29 is 22.8 Å². The van der Waals surface area contributed by atoms with Crippen LogP contribution in [0.25, 0.3) is 0 Å². The Morgan fingerprint density at radius 2 is 1.68 bits per heavy atom. The monoisotopic (exact) mass is 314 g/mol. The summed E-state index contributed by atoms with van der Waals surface area (Å²) < 4.78 is 36.6. The molecule has 1 saturated heterocycles. The Bertz CT molecular complexity index is 564. The largest absolute Gasteiger partial charge is 0.397 e. The van der Waals surface area contributed by atoms with Crippen LogP contribution in [0.1, 0.15) is 22.3 Å². The summed E-state index contributed by atoms with van der Waals surface area (Å²) in [6.45, 7) is 2.64. The van der Waals surface area contributed by atoms with E-state index in [1.165, 1.54) is 0 Å². The van der Waals surface area contributed by atoms with Gasteiger partial charge in [-0.15, -0.1) is 0 Å². The van der Waals surface area contributed by atoms with Crippen LogP contribution in [-0.4, -0.2) is 54.0 Å². The standard InChI is InChI=1S/C15H17F3N2O2/c1-11-3-2-4-12(9-11)14(22)20-7-5-19(6-8-20)13(21)10-15(16,17)18/h2-4,9H,5-8,10H2,1H3. The maximum Gasteiger partial charge on any atom is 0.397 e. The molecule has 7 heteroatoms. The molecule has 1 aliphatic rings. The van der Waals surface area contributed by atoms with Gasteiger partial charge in [-0.1, -0.05) is 17.7 Å². The minimum atomic E-state index is -4.49. The van der Waals surface area contributed by atoms with E-state index in [1.54, 1.807) is 23.1 Å². The van der Waals surface area contributed by atoms with E-state index >= 15 is 0 Å². The van der Waals surface area contributed by atoms with Crippen LogP contribution in [0.3, 0.4) is 0 Å². The number of aryl methyl sites for hydroxylation is 1. The van der Waals surface area contributed by atoms with Gasteiger partial charge in [-0.3, -0.25) is 9.59 Å². The van der Waals surface area contributed by atoms with Crippen molar-refractivity contribution in [1.82, 2.24) is 9.80 Å². The Balaban J connectivity index is 1.92. The molecule has 1 aromatic rings. The molecule has 0 radical (unpaired) electrons. The number of piperazine rings is 1. The first-order valence-corrected chi connectivity index (χ1v) is 6.97. The van der Waals surface area contributed by atoms with Gasteiger partial charge in [0.2, 0.25) is 5.91 Å². The molecular weight excluding hydrogens is 297 g/mol. The smallest absolute Gasteiger partial charge is 0.339 e. The van der Waals surface area contributed by atoms with Gasteiger partial charge in [0, 0.05) is 31.7 Å². The summed E-state index contributed by atoms with van der Waals surface area (Å²) in [6.07, 6.45) is -5.94. The molecule has 2 rings (SSSR count). The number of halogens is 3. The number of carbonyl (C=O) groups is 2. The highest BCUT2D eigenvalue weighted by Crippen LogP contribution is 2.21. The van der Waals surface area contributed by atoms with Crippen LogP contribution in [0, 0.1) is 6.92 Å². The first-order valence-electron chi connectivity index (χ1n) is 6.97. The lowest BCUT2D eigenvalue weighted by Gasteiger charge is -2.35. The van der Waals surface area contributed by atoms with Crippen LogP contribution in [0.4, 0.5) is 13.2 Å². The number of nitrogens with zero attached hydrogens (tertiary/aromatic N) is 2. The van der Waals surface area contributed by atoms with Gasteiger partial charge in [-0.2, -0.15) is 13.2 Å². The number of hydrogen-bond donors (Lipinski definition) is 0. The molecule has 0 aliphatic carbocycles. The maximum atomic E-state index is 12.3. The van der Waals surface area contributed by atoms with Gasteiger partial charge in [-0.25, -0.2) is 0 Å². The zero-order chi connectivity index (χ0) is 16.3. The lowest BCUT2D eigenvalue weighted by Crippen LogP contribution is -2.51. The van der Waals surface area contributed by atoms with Crippen molar-refractivity contribution >= 4 is 11.8 Å². The van der Waals surface area contributed by atoms with E-state index in [2.05, 4.69) is 0 Å². The number of rotatable bonds is 2. The quantitative estimate of drug-likeness (QED) is 0.840. The molecule has 0 spiro atoms. The molecule has 0 aromatic heterocycles. The first kappa shape index (κ1) is 16.3. The average molecular weight is 314 g/mol. The van der Waals surface area contributed by atoms with Gasteiger partial charge in [-0.05, 0) is 19.1 Å². The number of benzene rings is 1. The Morgan fingerprint density at radius 1 is 1.09 bits per heavy atom. The van der Waals surface area contributed by atoms with E-state index in [4.69, 9.17) is 0 Å². The van der Waals surface area contributed by atoms with E-state index in [9.17, 15) is 22.8 Å². The van der Waals surface area contributed by atoms with Crippen LogP contribution in [-0.2, 0) is 4.79 Å². The number of amides is 2. The second kappa shape index (κ2) is 6.37. The fourth-order valence-electron chi connectivity index (χ4n) is 2.40. The van der Waals surface area contributed by atoms with Crippen molar-refractivity contribution in [2.24, 2.45) is 0 Å². The fraction of sp³-hybridized carbons (Fsp3) is 0.467. The minimum absolute atomic E-state index is 0.131. The van der Waals surface area contributed by atoms with E-state index in [0.29, 0.717) is 5.56 Å². The summed E-state index contributed by atoms with van der Waals surface area (Å²) in [5.41, 5.74) is 1.51. The first-order chi connectivity index (χ1) is 10.3. The van der Waals surface area contributed by atoms with E-state index in [-0.39, 0.29) is 32.1 Å². The molecule has 0 unspecified atom stereocenters. The molecule has 0 bridgehead atoms. The molecule has 0 N–H and O–H groups in total. The fourth-order valence-corrected chi connectivity index (χ4v) is 2.40. The molecule has 1 aromatic carbocycles. The highest BCUT2D eigenvalue weighted by atomic mass is 19.4. The molecule has 2 amide bonds. The van der Waals surface area contributed by atoms with Gasteiger partial charge in [0.1, 0.15) is 6.42 Å². The third-order valence-corrected chi connectivity index (χ3v) is 3.54. The zero-order valence-corrected chi connectivity index (χ0v) is 12.2. The van der Waals surface area contributed by atoms with Crippen LogP contribution in [0.2, 0.25) is 0 Å². The van der Waals surface area contributed by atoms with Crippen molar-refractivity contribution in [2.45, 2.75) is 19.5 Å². The van der Waals surface area contributed by atoms with E-state index in [1.807, 2.05) is 13.0 Å². The summed E-state index contributed by atoms with van der Waals surface area (Å²) in [5.74, 6) is -1.10. The van der Waals surface area contributed by atoms with Crippen molar-refractivity contribution in [3.8, 4) is 0 Å². The predicted molar refractivity (Wildman–Crippen MR) is 74.3 cm³/mol. The molecule has 0 saturated carbocycles. The predicted octanol–water partition coefficient (Wildman–Crippen LogP) is 2.23. The SMILES string of the molecule is Cc1cccc(C(=O)N2CCN(C(=O)CC(F)(F)F)CC2)c1. The molecular formula is C15H17F3N2O2. The van der Waals surface area contributed by atoms with Crippen molar-refractivity contribution in [2.75, 3.05) is 26.2 Å². The average Bonchev–Trinajstić information content (AvgIpc) is 2.45. The maximum absolute atomic E-state index is 12.3. The van der Waals surface area contributed by atoms with Crippen LogP contribution in [0.15, 0.2) is 24.3 Å². The summed E-state index contributed by atoms with van der Waals surface area (Å²) in [4.78, 5) is 26.5. The molecule has 1 fully saturated rings. The lowest BCUT2D eigenvalue weighted by atomic mass is 10.1. The summed E-state index contributed by atoms with van der Waals surface area (Å²) >= 11 is 0. The Hall–Kier alpha value is -2.05. The second-order valence-corrected chi connectivity index (χ2v) is 5.33. The second-order valence-electron chi connectivity index (χ2n) is 5.33. The summed E-state index contributed by atoms with van der Waals surface area (Å²) in [6, 6.07) is 7.14. The Kier molecular flexibility index (Phi) is 4.73. The van der Waals surface area contributed by atoms with Gasteiger partial charge < -0.3 is 9.80 Å². The third kappa shape index (κ3) is 4.22. The van der Waals surface area contributed by atoms with Gasteiger partial charge in [0.15, 0.2) is 0 Å². The lowest BCUT2D eigenvalue weighted by molar-refractivity contribution is -0.162. The van der Waals surface area contributed by atoms with Crippen LogP contribution in [0.5, 0.6) is 0 Å². The van der Waals surface area contributed by atoms with Crippen molar-refractivity contribution in [3.63, 3.8) is 0 Å². The molecule has 4 nitrogen and oxygen atoms in total. The molecule has 1 heterocycles. The van der Waals surface area contributed by atoms with Crippen LogP contribution >= 0.6 is 0 Å². The van der Waals surface area contributed by atoms with Gasteiger partial charge in [0.25, 0.3) is 5.91 Å². The van der Waals surface area contributed by atoms with Gasteiger partial charge >= 0.3 is 6.18 Å². The Morgan fingerprint density at radius 3 is 2.23 bits per heavy atom. The molecule has 120 valence electrons. The van der Waals surface area contributed by atoms with E-state index < -0.39 is 18.5 Å². The number of carbonyl (C=O) groups excluding carboxylic acids is 2. The highest BCUT2D eigenvalue weighted by molar-refractivity contribution is 5.94.